The van der Waals surface area contributed by atoms with Gasteiger partial charge in [0.15, 0.2) is 5.78 Å². The minimum atomic E-state index is -0.188. The second-order valence-electron chi connectivity index (χ2n) is 13.6. The third kappa shape index (κ3) is 5.27. The number of unbranched alkanes of at least 4 members (excludes halogenated alkanes) is 5. The average Bonchev–Trinajstić information content (AvgIpc) is 3.41. The molecule has 208 valence electrons. The van der Waals surface area contributed by atoms with Gasteiger partial charge in [-0.3, -0.25) is 9.59 Å². The van der Waals surface area contributed by atoms with Crippen molar-refractivity contribution < 1.29 is 14.3 Å². The van der Waals surface area contributed by atoms with Crippen LogP contribution in [0.5, 0.6) is 0 Å². The molecule has 0 bridgehead atoms. The van der Waals surface area contributed by atoms with Crippen molar-refractivity contribution >= 4 is 11.8 Å². The van der Waals surface area contributed by atoms with Crippen molar-refractivity contribution in [2.24, 2.45) is 34.5 Å². The zero-order valence-corrected chi connectivity index (χ0v) is 24.4. The summed E-state index contributed by atoms with van der Waals surface area (Å²) < 4.78 is 6.16. The fourth-order valence-electron chi connectivity index (χ4n) is 9.48. The van der Waals surface area contributed by atoms with Crippen LogP contribution in [0.15, 0.2) is 24.3 Å². The minimum Gasteiger partial charge on any atom is -0.458 e. The van der Waals surface area contributed by atoms with Crippen molar-refractivity contribution in [3.63, 3.8) is 0 Å². The predicted octanol–water partition coefficient (Wildman–Crippen LogP) is 9.15. The Kier molecular flexibility index (Phi) is 9.12. The molecule has 1 spiro atoms. The maximum atomic E-state index is 12.3. The SMILES string of the molecule is C=CCCCC.CCCCCC[C@H]1CC2=CC(=O)CC[C@]2(C)[C@H]2CC[C@@]3(C)[C@@H](CC[C@@]34CCC(=O)O4)[C@H]12. The molecule has 0 aromatic heterocycles. The normalized spacial score (nSPS) is 40.2. The van der Waals surface area contributed by atoms with Crippen LogP contribution in [-0.4, -0.2) is 17.4 Å². The number of esters is 1. The minimum absolute atomic E-state index is 0.0340. The van der Waals surface area contributed by atoms with Gasteiger partial charge in [0, 0.05) is 18.3 Å². The summed E-state index contributed by atoms with van der Waals surface area (Å²) in [5.41, 5.74) is 1.65. The zero-order valence-electron chi connectivity index (χ0n) is 24.4. The summed E-state index contributed by atoms with van der Waals surface area (Å²) >= 11 is 0. The van der Waals surface area contributed by atoms with E-state index in [2.05, 4.69) is 40.3 Å². The first-order valence-corrected chi connectivity index (χ1v) is 15.8. The number of hydrogen-bond acceptors (Lipinski definition) is 3. The van der Waals surface area contributed by atoms with E-state index in [1.165, 1.54) is 76.2 Å². The van der Waals surface area contributed by atoms with Crippen LogP contribution in [0.25, 0.3) is 0 Å². The highest BCUT2D eigenvalue weighted by Crippen LogP contribution is 2.71. The van der Waals surface area contributed by atoms with Crippen LogP contribution in [-0.2, 0) is 14.3 Å². The molecule has 0 aromatic rings. The highest BCUT2D eigenvalue weighted by atomic mass is 16.6. The second kappa shape index (κ2) is 11.8. The fourth-order valence-corrected chi connectivity index (χ4v) is 9.48. The molecular weight excluding hydrogens is 456 g/mol. The van der Waals surface area contributed by atoms with E-state index in [9.17, 15) is 9.59 Å². The van der Waals surface area contributed by atoms with Gasteiger partial charge in [-0.1, -0.05) is 77.9 Å². The predicted molar refractivity (Wildman–Crippen MR) is 152 cm³/mol. The number of hydrogen-bond donors (Lipinski definition) is 0. The first kappa shape index (κ1) is 28.6. The summed E-state index contributed by atoms with van der Waals surface area (Å²) in [4.78, 5) is 24.5. The van der Waals surface area contributed by atoms with Crippen LogP contribution in [0, 0.1) is 34.5 Å². The monoisotopic (exact) mass is 510 g/mol. The number of allylic oxidation sites excluding steroid dienone is 2. The van der Waals surface area contributed by atoms with Gasteiger partial charge in [0.1, 0.15) is 5.60 Å². The lowest BCUT2D eigenvalue weighted by molar-refractivity contribution is -0.171. The summed E-state index contributed by atoms with van der Waals surface area (Å²) in [6.45, 7) is 13.0. The molecule has 0 aromatic carbocycles. The molecule has 1 saturated heterocycles. The Morgan fingerprint density at radius 3 is 2.35 bits per heavy atom. The van der Waals surface area contributed by atoms with Gasteiger partial charge in [0.2, 0.25) is 0 Å². The van der Waals surface area contributed by atoms with E-state index in [1.807, 2.05) is 6.08 Å². The molecule has 0 unspecified atom stereocenters. The lowest BCUT2D eigenvalue weighted by Gasteiger charge is -2.61. The molecule has 0 radical (unpaired) electrons. The third-order valence-corrected chi connectivity index (χ3v) is 11.7. The molecule has 37 heavy (non-hydrogen) atoms. The molecule has 1 heterocycles. The van der Waals surface area contributed by atoms with E-state index in [4.69, 9.17) is 4.74 Å². The van der Waals surface area contributed by atoms with Gasteiger partial charge in [0.25, 0.3) is 0 Å². The Labute approximate surface area is 227 Å². The van der Waals surface area contributed by atoms with Crippen molar-refractivity contribution in [1.29, 1.82) is 0 Å². The Bertz CT molecular complexity index is 872. The Balaban J connectivity index is 0.000000480. The maximum Gasteiger partial charge on any atom is 0.306 e. The third-order valence-electron chi connectivity index (χ3n) is 11.7. The van der Waals surface area contributed by atoms with Crippen LogP contribution in [0.4, 0.5) is 0 Å². The van der Waals surface area contributed by atoms with E-state index in [1.54, 1.807) is 0 Å². The van der Waals surface area contributed by atoms with Crippen LogP contribution >= 0.6 is 0 Å². The average molecular weight is 511 g/mol. The van der Waals surface area contributed by atoms with E-state index in [-0.39, 0.29) is 22.4 Å². The molecule has 5 aliphatic rings. The summed E-state index contributed by atoms with van der Waals surface area (Å²) in [5, 5.41) is 0. The highest BCUT2D eigenvalue weighted by Gasteiger charge is 2.68. The van der Waals surface area contributed by atoms with Gasteiger partial charge in [-0.05, 0) is 93.0 Å². The van der Waals surface area contributed by atoms with Gasteiger partial charge in [-0.15, -0.1) is 6.58 Å². The van der Waals surface area contributed by atoms with E-state index in [0.29, 0.717) is 30.0 Å². The largest absolute Gasteiger partial charge is 0.458 e. The first-order chi connectivity index (χ1) is 17.7. The Morgan fingerprint density at radius 2 is 1.70 bits per heavy atom. The quantitative estimate of drug-likeness (QED) is 0.186. The van der Waals surface area contributed by atoms with Crippen molar-refractivity contribution in [2.45, 2.75) is 142 Å². The van der Waals surface area contributed by atoms with Crippen LogP contribution in [0.3, 0.4) is 0 Å². The Morgan fingerprint density at radius 1 is 0.946 bits per heavy atom. The molecule has 0 N–H and O–H groups in total. The summed E-state index contributed by atoms with van der Waals surface area (Å²) in [7, 11) is 0. The smallest absolute Gasteiger partial charge is 0.306 e. The van der Waals surface area contributed by atoms with E-state index in [0.717, 1.165) is 38.0 Å². The van der Waals surface area contributed by atoms with Crippen molar-refractivity contribution in [3.8, 4) is 0 Å². The second-order valence-corrected chi connectivity index (χ2v) is 13.6. The molecule has 4 fully saturated rings. The number of rotatable bonds is 8. The molecule has 5 rings (SSSR count). The molecule has 0 amide bonds. The van der Waals surface area contributed by atoms with Gasteiger partial charge in [0.05, 0.1) is 0 Å². The number of ketones is 1. The summed E-state index contributed by atoms with van der Waals surface area (Å²) in [6, 6.07) is 0. The molecule has 3 heteroatoms. The summed E-state index contributed by atoms with van der Waals surface area (Å²) in [5.74, 6) is 3.19. The van der Waals surface area contributed by atoms with Crippen LogP contribution in [0.2, 0.25) is 0 Å². The van der Waals surface area contributed by atoms with Gasteiger partial charge < -0.3 is 4.74 Å². The molecule has 4 aliphatic carbocycles. The molecule has 3 nitrogen and oxygen atoms in total. The lowest BCUT2D eigenvalue weighted by atomic mass is 9.43. The van der Waals surface area contributed by atoms with E-state index < -0.39 is 0 Å². The number of fused-ring (bicyclic) bond motifs is 6. The molecular formula is C34H54O3. The fraction of sp³-hybridized carbons (Fsp3) is 0.824. The molecule has 1 aliphatic heterocycles. The first-order valence-electron chi connectivity index (χ1n) is 15.8. The van der Waals surface area contributed by atoms with Crippen LogP contribution < -0.4 is 0 Å². The molecule has 3 saturated carbocycles. The maximum absolute atomic E-state index is 12.3. The van der Waals surface area contributed by atoms with Crippen molar-refractivity contribution in [3.05, 3.63) is 24.3 Å². The van der Waals surface area contributed by atoms with Crippen molar-refractivity contribution in [2.75, 3.05) is 0 Å². The topological polar surface area (TPSA) is 43.4 Å². The van der Waals surface area contributed by atoms with E-state index >= 15 is 0 Å². The number of carbonyl (C=O) groups is 2. The van der Waals surface area contributed by atoms with Crippen LogP contribution in [0.1, 0.15) is 137 Å². The Hall–Kier alpha value is -1.38. The lowest BCUT2D eigenvalue weighted by Crippen LogP contribution is -2.57. The van der Waals surface area contributed by atoms with Gasteiger partial charge in [-0.2, -0.15) is 0 Å². The van der Waals surface area contributed by atoms with Gasteiger partial charge >= 0.3 is 5.97 Å². The standard InChI is InChI=1S/C28H42O3.C6H12/c1-4-5-6-7-8-19-17-20-18-21(29)9-13-26(20,2)22-10-14-27(3)23(25(19)22)11-15-28(27)16-12-24(30)31-28;1-3-5-6-4-2/h18-19,22-23,25H,4-17H2,1-3H3;3H,1,4-6H2,2H3/t19-,22-,23-,25+,26-,27-,28+;/m0./s1. The number of ether oxygens (including phenoxy) is 1. The van der Waals surface area contributed by atoms with Gasteiger partial charge in [-0.25, -0.2) is 0 Å². The number of carbonyl (C=O) groups excluding carboxylic acids is 2. The zero-order chi connectivity index (χ0) is 26.7. The molecule has 7 atom stereocenters. The highest BCUT2D eigenvalue weighted by molar-refractivity contribution is 5.91. The summed E-state index contributed by atoms with van der Waals surface area (Å²) in [6.07, 6.45) is 23.5. The van der Waals surface area contributed by atoms with Crippen molar-refractivity contribution in [1.82, 2.24) is 0 Å².